The van der Waals surface area contributed by atoms with Crippen LogP contribution in [0.25, 0.3) is 22.6 Å². The van der Waals surface area contributed by atoms with Crippen molar-refractivity contribution in [2.75, 3.05) is 5.73 Å². The fourth-order valence-corrected chi connectivity index (χ4v) is 1.59. The van der Waals surface area contributed by atoms with Crippen LogP contribution in [0, 0.1) is 0 Å². The molecule has 0 radical (unpaired) electrons. The van der Waals surface area contributed by atoms with E-state index in [-0.39, 0.29) is 0 Å². The molecule has 0 saturated heterocycles. The maximum absolute atomic E-state index is 5.57. The Morgan fingerprint density at radius 2 is 1.94 bits per heavy atom. The fraction of sp³-hybridized carbons (Fsp3) is 0. The summed E-state index contributed by atoms with van der Waals surface area (Å²) >= 11 is 0. The van der Waals surface area contributed by atoms with E-state index < -0.39 is 0 Å². The Morgan fingerprint density at radius 3 is 2.65 bits per heavy atom. The van der Waals surface area contributed by atoms with Gasteiger partial charge in [-0.05, 0) is 11.3 Å². The molecule has 0 aliphatic carbocycles. The zero-order chi connectivity index (χ0) is 11.7. The monoisotopic (exact) mass is 227 g/mol. The summed E-state index contributed by atoms with van der Waals surface area (Å²) < 4.78 is 0. The number of nitrogen functional groups attached to an aromatic ring is 1. The zero-order valence-electron chi connectivity index (χ0n) is 8.75. The lowest BCUT2D eigenvalue weighted by Crippen LogP contribution is -1.83. The summed E-state index contributed by atoms with van der Waals surface area (Å²) in [5.74, 6) is 1.02. The van der Waals surface area contributed by atoms with E-state index in [1.807, 2.05) is 24.3 Å². The van der Waals surface area contributed by atoms with Gasteiger partial charge in [-0.1, -0.05) is 18.2 Å². The van der Waals surface area contributed by atoms with Gasteiger partial charge in [0.2, 0.25) is 5.82 Å². The van der Waals surface area contributed by atoms with Crippen LogP contribution in [0.4, 0.5) is 5.82 Å². The fourth-order valence-electron chi connectivity index (χ4n) is 1.59. The van der Waals surface area contributed by atoms with Gasteiger partial charge in [0, 0.05) is 17.2 Å². The molecule has 0 aliphatic heterocycles. The van der Waals surface area contributed by atoms with E-state index in [1.54, 1.807) is 6.07 Å². The molecule has 0 atom stereocenters. The standard InChI is InChI=1S/C10H9N7/c11-9-5-8(12-13-9)6-2-1-3-7(4-6)10-14-16-17-15-10/h1-5H,(H3,11,12,13)(H,14,15,16,17). The van der Waals surface area contributed by atoms with Crippen molar-refractivity contribution in [3.63, 3.8) is 0 Å². The molecular formula is C10H9N7. The van der Waals surface area contributed by atoms with Crippen LogP contribution in [-0.2, 0) is 0 Å². The average molecular weight is 227 g/mol. The van der Waals surface area contributed by atoms with Crippen molar-refractivity contribution in [1.82, 2.24) is 30.8 Å². The lowest BCUT2D eigenvalue weighted by molar-refractivity contribution is 0.881. The number of aromatic nitrogens is 6. The predicted molar refractivity (Wildman–Crippen MR) is 61.6 cm³/mol. The molecule has 17 heavy (non-hydrogen) atoms. The molecule has 4 N–H and O–H groups in total. The average Bonchev–Trinajstić information content (AvgIpc) is 3.00. The minimum atomic E-state index is 0.463. The van der Waals surface area contributed by atoms with Crippen LogP contribution >= 0.6 is 0 Å². The second-order valence-electron chi connectivity index (χ2n) is 3.52. The number of hydrogen-bond donors (Lipinski definition) is 3. The quantitative estimate of drug-likeness (QED) is 0.601. The predicted octanol–water partition coefficient (Wildman–Crippen LogP) is 0.839. The molecule has 0 saturated carbocycles. The third-order valence-electron chi connectivity index (χ3n) is 2.37. The minimum Gasteiger partial charge on any atom is -0.382 e. The smallest absolute Gasteiger partial charge is 0.204 e. The number of aromatic amines is 2. The normalized spacial score (nSPS) is 10.6. The maximum atomic E-state index is 5.57. The highest BCUT2D eigenvalue weighted by atomic mass is 15.5. The number of nitrogens with one attached hydrogen (secondary N) is 2. The van der Waals surface area contributed by atoms with Gasteiger partial charge < -0.3 is 5.73 Å². The molecular weight excluding hydrogens is 218 g/mol. The third-order valence-corrected chi connectivity index (χ3v) is 2.37. The van der Waals surface area contributed by atoms with Crippen molar-refractivity contribution in [3.8, 4) is 22.6 Å². The first kappa shape index (κ1) is 9.52. The number of anilines is 1. The van der Waals surface area contributed by atoms with Gasteiger partial charge in [0.15, 0.2) is 0 Å². The molecule has 7 nitrogen and oxygen atoms in total. The molecule has 0 amide bonds. The molecule has 0 unspecified atom stereocenters. The van der Waals surface area contributed by atoms with Gasteiger partial charge in [-0.2, -0.15) is 10.3 Å². The second-order valence-corrected chi connectivity index (χ2v) is 3.52. The molecule has 1 aromatic carbocycles. The van der Waals surface area contributed by atoms with Crippen LogP contribution < -0.4 is 5.73 Å². The third kappa shape index (κ3) is 1.73. The molecule has 0 spiro atoms. The summed E-state index contributed by atoms with van der Waals surface area (Å²) in [6.07, 6.45) is 0. The van der Waals surface area contributed by atoms with Crippen LogP contribution in [0.5, 0.6) is 0 Å². The van der Waals surface area contributed by atoms with E-state index in [2.05, 4.69) is 30.8 Å². The summed E-state index contributed by atoms with van der Waals surface area (Å²) in [6, 6.07) is 9.50. The number of tetrazole rings is 1. The minimum absolute atomic E-state index is 0.463. The van der Waals surface area contributed by atoms with Gasteiger partial charge in [-0.25, -0.2) is 0 Å². The number of hydrogen-bond acceptors (Lipinski definition) is 5. The van der Waals surface area contributed by atoms with Crippen LogP contribution in [0.2, 0.25) is 0 Å². The first-order valence-electron chi connectivity index (χ1n) is 4.98. The lowest BCUT2D eigenvalue weighted by Gasteiger charge is -1.99. The number of nitrogens with two attached hydrogens (primary N) is 1. The van der Waals surface area contributed by atoms with E-state index in [0.717, 1.165) is 16.8 Å². The van der Waals surface area contributed by atoms with Crippen LogP contribution in [-0.4, -0.2) is 30.8 Å². The van der Waals surface area contributed by atoms with E-state index >= 15 is 0 Å². The van der Waals surface area contributed by atoms with Gasteiger partial charge >= 0.3 is 0 Å². The highest BCUT2D eigenvalue weighted by Gasteiger charge is 2.06. The molecule has 7 heteroatoms. The first-order valence-corrected chi connectivity index (χ1v) is 4.98. The van der Waals surface area contributed by atoms with Crippen molar-refractivity contribution in [1.29, 1.82) is 0 Å². The largest absolute Gasteiger partial charge is 0.382 e. The van der Waals surface area contributed by atoms with Crippen LogP contribution in [0.1, 0.15) is 0 Å². The molecule has 3 aromatic rings. The molecule has 2 aromatic heterocycles. The Kier molecular flexibility index (Phi) is 2.08. The van der Waals surface area contributed by atoms with E-state index in [1.165, 1.54) is 0 Å². The van der Waals surface area contributed by atoms with Crippen molar-refractivity contribution >= 4 is 5.82 Å². The summed E-state index contributed by atoms with van der Waals surface area (Å²) in [5, 5.41) is 20.6. The highest BCUT2D eigenvalue weighted by Crippen LogP contribution is 2.23. The Morgan fingerprint density at radius 1 is 1.06 bits per heavy atom. The Balaban J connectivity index is 2.05. The van der Waals surface area contributed by atoms with Gasteiger partial charge in [0.05, 0.1) is 5.69 Å². The van der Waals surface area contributed by atoms with Crippen LogP contribution in [0.3, 0.4) is 0 Å². The Bertz CT molecular complexity index is 626. The van der Waals surface area contributed by atoms with Gasteiger partial charge in [0.1, 0.15) is 5.82 Å². The molecule has 2 heterocycles. The van der Waals surface area contributed by atoms with Gasteiger partial charge in [-0.3, -0.25) is 5.10 Å². The number of rotatable bonds is 2. The van der Waals surface area contributed by atoms with Crippen molar-refractivity contribution in [3.05, 3.63) is 30.3 Å². The van der Waals surface area contributed by atoms with E-state index in [0.29, 0.717) is 11.6 Å². The summed E-state index contributed by atoms with van der Waals surface area (Å²) in [5.41, 5.74) is 8.27. The molecule has 0 fully saturated rings. The van der Waals surface area contributed by atoms with Gasteiger partial charge in [0.25, 0.3) is 0 Å². The second kappa shape index (κ2) is 3.71. The van der Waals surface area contributed by atoms with Crippen molar-refractivity contribution < 1.29 is 0 Å². The van der Waals surface area contributed by atoms with E-state index in [4.69, 9.17) is 5.73 Å². The maximum Gasteiger partial charge on any atom is 0.204 e. The molecule has 0 aliphatic rings. The number of H-pyrrole nitrogens is 2. The molecule has 84 valence electrons. The van der Waals surface area contributed by atoms with Gasteiger partial charge in [-0.15, -0.1) is 10.2 Å². The molecule has 0 bridgehead atoms. The zero-order valence-corrected chi connectivity index (χ0v) is 8.75. The Labute approximate surface area is 96.1 Å². The summed E-state index contributed by atoms with van der Waals surface area (Å²) in [6.45, 7) is 0. The first-order chi connectivity index (χ1) is 8.33. The summed E-state index contributed by atoms with van der Waals surface area (Å²) in [4.78, 5) is 0. The number of benzene rings is 1. The number of nitrogens with zero attached hydrogens (tertiary/aromatic N) is 4. The van der Waals surface area contributed by atoms with Crippen molar-refractivity contribution in [2.45, 2.75) is 0 Å². The Hall–Kier alpha value is -2.70. The lowest BCUT2D eigenvalue weighted by atomic mass is 10.1. The topological polar surface area (TPSA) is 109 Å². The summed E-state index contributed by atoms with van der Waals surface area (Å²) in [7, 11) is 0. The van der Waals surface area contributed by atoms with E-state index in [9.17, 15) is 0 Å². The van der Waals surface area contributed by atoms with Crippen molar-refractivity contribution in [2.24, 2.45) is 0 Å². The molecule has 3 rings (SSSR count). The van der Waals surface area contributed by atoms with Crippen LogP contribution in [0.15, 0.2) is 30.3 Å². The highest BCUT2D eigenvalue weighted by molar-refractivity contribution is 5.68. The SMILES string of the molecule is Nc1cc(-c2cccc(-c3nn[nH]n3)c2)[nH]n1.